The molecule has 0 bridgehead atoms. The molecule has 1 unspecified atom stereocenters. The van der Waals surface area contributed by atoms with Crippen LogP contribution in [0.15, 0.2) is 53.4 Å². The molecule has 32 heavy (non-hydrogen) atoms. The summed E-state index contributed by atoms with van der Waals surface area (Å²) in [6.45, 7) is 6.84. The minimum Gasteiger partial charge on any atom is -0.326 e. The summed E-state index contributed by atoms with van der Waals surface area (Å²) < 4.78 is 27.1. The highest BCUT2D eigenvalue weighted by molar-refractivity contribution is 7.89. The van der Waals surface area contributed by atoms with Gasteiger partial charge in [-0.2, -0.15) is 0 Å². The molecule has 0 saturated carbocycles. The number of Topliss-reactive ketones (excluding diaryl/α,β-unsaturated/α-hetero) is 1. The number of ketones is 1. The predicted octanol–water partition coefficient (Wildman–Crippen LogP) is 3.43. The van der Waals surface area contributed by atoms with E-state index in [4.69, 9.17) is 0 Å². The van der Waals surface area contributed by atoms with Gasteiger partial charge in [-0.1, -0.05) is 31.2 Å². The van der Waals surface area contributed by atoms with E-state index in [9.17, 15) is 18.0 Å². The van der Waals surface area contributed by atoms with Crippen LogP contribution in [0.4, 0.5) is 5.69 Å². The van der Waals surface area contributed by atoms with E-state index in [1.807, 2.05) is 24.3 Å². The summed E-state index contributed by atoms with van der Waals surface area (Å²) in [6, 6.07) is 13.5. The first-order chi connectivity index (χ1) is 15.2. The Bertz CT molecular complexity index is 1030. The van der Waals surface area contributed by atoms with Crippen molar-refractivity contribution in [1.29, 1.82) is 0 Å². The van der Waals surface area contributed by atoms with E-state index in [0.717, 1.165) is 25.6 Å². The summed E-state index contributed by atoms with van der Waals surface area (Å²) in [6.07, 6.45) is 2.55. The van der Waals surface area contributed by atoms with Gasteiger partial charge in [0.2, 0.25) is 15.9 Å². The lowest BCUT2D eigenvalue weighted by Gasteiger charge is -2.30. The highest BCUT2D eigenvalue weighted by atomic mass is 32.2. The van der Waals surface area contributed by atoms with Crippen molar-refractivity contribution >= 4 is 27.4 Å². The maximum absolute atomic E-state index is 12.3. The van der Waals surface area contributed by atoms with Crippen molar-refractivity contribution in [2.75, 3.05) is 25.0 Å². The summed E-state index contributed by atoms with van der Waals surface area (Å²) in [5, 5.41) is 2.80. The van der Waals surface area contributed by atoms with E-state index in [2.05, 4.69) is 21.9 Å². The number of amides is 1. The molecule has 1 heterocycles. The third-order valence-corrected chi connectivity index (χ3v) is 7.08. The molecular formula is C24H31N3O4S. The molecule has 2 aromatic carbocycles. The number of nitrogens with zero attached hydrogens (tertiary/aromatic N) is 1. The molecule has 8 heteroatoms. The van der Waals surface area contributed by atoms with Crippen molar-refractivity contribution in [1.82, 2.24) is 9.62 Å². The van der Waals surface area contributed by atoms with Gasteiger partial charge in [-0.3, -0.25) is 14.5 Å². The average Bonchev–Trinajstić information content (AvgIpc) is 2.75. The highest BCUT2D eigenvalue weighted by Crippen LogP contribution is 2.19. The van der Waals surface area contributed by atoms with Crippen molar-refractivity contribution in [2.45, 2.75) is 44.6 Å². The van der Waals surface area contributed by atoms with E-state index in [0.29, 0.717) is 11.3 Å². The second kappa shape index (κ2) is 10.8. The summed E-state index contributed by atoms with van der Waals surface area (Å²) in [5.74, 6) is 0.338. The van der Waals surface area contributed by atoms with Gasteiger partial charge in [0, 0.05) is 37.3 Å². The molecule has 1 aliphatic heterocycles. The van der Waals surface area contributed by atoms with Crippen molar-refractivity contribution in [3.05, 3.63) is 59.7 Å². The monoisotopic (exact) mass is 457 g/mol. The Hall–Kier alpha value is -2.55. The van der Waals surface area contributed by atoms with Crippen LogP contribution in [0.5, 0.6) is 0 Å². The van der Waals surface area contributed by atoms with Crippen molar-refractivity contribution in [2.24, 2.45) is 5.92 Å². The number of benzene rings is 2. The summed E-state index contributed by atoms with van der Waals surface area (Å²) in [7, 11) is -3.74. The van der Waals surface area contributed by atoms with Gasteiger partial charge in [0.05, 0.1) is 4.90 Å². The molecule has 1 fully saturated rings. The normalized spacial score (nSPS) is 17.1. The zero-order chi connectivity index (χ0) is 23.1. The minimum absolute atomic E-state index is 0.0121. The Kier molecular flexibility index (Phi) is 8.17. The second-order valence-electron chi connectivity index (χ2n) is 8.46. The number of carbonyl (C=O) groups is 2. The van der Waals surface area contributed by atoms with E-state index in [-0.39, 0.29) is 29.6 Å². The number of piperidine rings is 1. The van der Waals surface area contributed by atoms with Crippen LogP contribution in [0.3, 0.4) is 0 Å². The van der Waals surface area contributed by atoms with Crippen molar-refractivity contribution < 1.29 is 18.0 Å². The standard InChI is InChI=1S/C24H31N3O4S/c1-18-4-3-15-27(16-18)17-20-5-9-22(10-6-20)26-24(29)13-14-25-32(30,31)23-11-7-21(8-12-23)19(2)28/h5-12,18,25H,3-4,13-17H2,1-2H3,(H,26,29). The molecule has 2 N–H and O–H groups in total. The van der Waals surface area contributed by atoms with E-state index in [1.165, 1.54) is 49.6 Å². The van der Waals surface area contributed by atoms with Crippen LogP contribution < -0.4 is 10.0 Å². The molecule has 1 saturated heterocycles. The third-order valence-electron chi connectivity index (χ3n) is 5.60. The van der Waals surface area contributed by atoms with Gasteiger partial charge in [0.1, 0.15) is 0 Å². The molecule has 3 rings (SSSR count). The van der Waals surface area contributed by atoms with Gasteiger partial charge < -0.3 is 5.32 Å². The Balaban J connectivity index is 1.44. The van der Waals surface area contributed by atoms with Gasteiger partial charge in [0.15, 0.2) is 5.78 Å². The first-order valence-electron chi connectivity index (χ1n) is 10.9. The van der Waals surface area contributed by atoms with E-state index < -0.39 is 10.0 Å². The lowest BCUT2D eigenvalue weighted by atomic mass is 10.00. The average molecular weight is 458 g/mol. The number of anilines is 1. The van der Waals surface area contributed by atoms with Gasteiger partial charge in [-0.15, -0.1) is 0 Å². The first kappa shape index (κ1) is 24.1. The fourth-order valence-corrected chi connectivity index (χ4v) is 4.89. The number of nitrogens with one attached hydrogen (secondary N) is 2. The quantitative estimate of drug-likeness (QED) is 0.563. The molecule has 1 amide bonds. The smallest absolute Gasteiger partial charge is 0.240 e. The number of hydrogen-bond donors (Lipinski definition) is 2. The Morgan fingerprint density at radius 3 is 2.38 bits per heavy atom. The number of sulfonamides is 1. The molecule has 0 radical (unpaired) electrons. The van der Waals surface area contributed by atoms with Crippen LogP contribution in [0.25, 0.3) is 0 Å². The first-order valence-corrected chi connectivity index (χ1v) is 12.4. The fourth-order valence-electron chi connectivity index (χ4n) is 3.86. The Morgan fingerprint density at radius 2 is 1.75 bits per heavy atom. The SMILES string of the molecule is CC(=O)c1ccc(S(=O)(=O)NCCC(=O)Nc2ccc(CN3CCCC(C)C3)cc2)cc1. The molecule has 2 aromatic rings. The van der Waals surface area contributed by atoms with Gasteiger partial charge in [0.25, 0.3) is 0 Å². The highest BCUT2D eigenvalue weighted by Gasteiger charge is 2.17. The number of hydrogen-bond acceptors (Lipinski definition) is 5. The fraction of sp³-hybridized carbons (Fsp3) is 0.417. The minimum atomic E-state index is -3.74. The Labute approximate surface area is 190 Å². The molecule has 0 spiro atoms. The van der Waals surface area contributed by atoms with E-state index in [1.54, 1.807) is 0 Å². The summed E-state index contributed by atoms with van der Waals surface area (Å²) >= 11 is 0. The molecule has 0 aliphatic carbocycles. The van der Waals surface area contributed by atoms with Crippen LogP contribution in [0.1, 0.15) is 49.0 Å². The second-order valence-corrected chi connectivity index (χ2v) is 10.2. The van der Waals surface area contributed by atoms with Crippen molar-refractivity contribution in [3.63, 3.8) is 0 Å². The van der Waals surface area contributed by atoms with Crippen LogP contribution in [0.2, 0.25) is 0 Å². The molecule has 1 aliphatic rings. The topological polar surface area (TPSA) is 95.6 Å². The van der Waals surface area contributed by atoms with Crippen LogP contribution in [0, 0.1) is 5.92 Å². The lowest BCUT2D eigenvalue weighted by Crippen LogP contribution is -2.33. The number of carbonyl (C=O) groups excluding carboxylic acids is 2. The predicted molar refractivity (Wildman–Crippen MR) is 125 cm³/mol. The van der Waals surface area contributed by atoms with Gasteiger partial charge in [-0.25, -0.2) is 13.1 Å². The van der Waals surface area contributed by atoms with Crippen LogP contribution >= 0.6 is 0 Å². The number of likely N-dealkylation sites (tertiary alicyclic amines) is 1. The molecular weight excluding hydrogens is 426 g/mol. The van der Waals surface area contributed by atoms with Crippen molar-refractivity contribution in [3.8, 4) is 0 Å². The maximum Gasteiger partial charge on any atom is 0.240 e. The summed E-state index contributed by atoms with van der Waals surface area (Å²) in [4.78, 5) is 26.0. The van der Waals surface area contributed by atoms with Gasteiger partial charge in [-0.05, 0) is 62.1 Å². The van der Waals surface area contributed by atoms with E-state index >= 15 is 0 Å². The largest absolute Gasteiger partial charge is 0.326 e. The number of rotatable bonds is 9. The zero-order valence-corrected chi connectivity index (χ0v) is 19.5. The molecule has 7 nitrogen and oxygen atoms in total. The van der Waals surface area contributed by atoms with Crippen LogP contribution in [-0.4, -0.2) is 44.6 Å². The summed E-state index contributed by atoms with van der Waals surface area (Å²) in [5.41, 5.74) is 2.34. The maximum atomic E-state index is 12.3. The third kappa shape index (κ3) is 6.98. The van der Waals surface area contributed by atoms with Crippen LogP contribution in [-0.2, 0) is 21.4 Å². The molecule has 1 atom stereocenters. The van der Waals surface area contributed by atoms with Gasteiger partial charge >= 0.3 is 0 Å². The zero-order valence-electron chi connectivity index (χ0n) is 18.6. The Morgan fingerprint density at radius 1 is 1.06 bits per heavy atom. The molecule has 0 aromatic heterocycles. The lowest BCUT2D eigenvalue weighted by molar-refractivity contribution is -0.116. The molecule has 172 valence electrons.